The van der Waals surface area contributed by atoms with Crippen molar-refractivity contribution in [1.82, 2.24) is 4.90 Å². The van der Waals surface area contributed by atoms with Gasteiger partial charge in [-0.3, -0.25) is 9.59 Å². The van der Waals surface area contributed by atoms with Crippen LogP contribution in [0.5, 0.6) is 0 Å². The molecule has 10 heteroatoms. The van der Waals surface area contributed by atoms with E-state index < -0.39 is 45.3 Å². The number of hydrogen-bond donors (Lipinski definition) is 3. The van der Waals surface area contributed by atoms with Crippen molar-refractivity contribution in [3.63, 3.8) is 0 Å². The van der Waals surface area contributed by atoms with Gasteiger partial charge in [0.05, 0.1) is 5.75 Å². The number of nitrogens with two attached hydrogens (primary N) is 1. The van der Waals surface area contributed by atoms with E-state index in [2.05, 4.69) is 5.32 Å². The normalized spacial score (nSPS) is 19.8. The number of aliphatic carboxylic acids is 1. The van der Waals surface area contributed by atoms with Crippen molar-refractivity contribution in [2.45, 2.75) is 5.25 Å². The zero-order valence-corrected chi connectivity index (χ0v) is 12.7. The van der Waals surface area contributed by atoms with Crippen molar-refractivity contribution in [1.29, 1.82) is 0 Å². The molecule has 1 saturated heterocycles. The minimum absolute atomic E-state index is 0.0849. The molecule has 1 atom stereocenters. The molecular formula is C13H15N3O6S. The number of carbonyl (C=O) groups excluding carboxylic acids is 2. The van der Waals surface area contributed by atoms with Crippen LogP contribution in [0.15, 0.2) is 24.3 Å². The molecule has 1 aliphatic rings. The van der Waals surface area contributed by atoms with Crippen molar-refractivity contribution < 1.29 is 27.9 Å². The lowest BCUT2D eigenvalue weighted by Gasteiger charge is -2.30. The van der Waals surface area contributed by atoms with E-state index in [0.29, 0.717) is 5.69 Å². The van der Waals surface area contributed by atoms with Gasteiger partial charge in [-0.15, -0.1) is 0 Å². The van der Waals surface area contributed by atoms with Crippen molar-refractivity contribution >= 4 is 33.4 Å². The summed E-state index contributed by atoms with van der Waals surface area (Å²) >= 11 is 0. The van der Waals surface area contributed by atoms with Gasteiger partial charge in [0.15, 0.2) is 15.1 Å². The Labute approximate surface area is 132 Å². The lowest BCUT2D eigenvalue weighted by molar-refractivity contribution is -0.136. The summed E-state index contributed by atoms with van der Waals surface area (Å²) in [5.41, 5.74) is 5.50. The second-order valence-corrected chi connectivity index (χ2v) is 7.32. The van der Waals surface area contributed by atoms with Crippen LogP contribution in [0.2, 0.25) is 0 Å². The lowest BCUT2D eigenvalue weighted by atomic mass is 10.1. The van der Waals surface area contributed by atoms with E-state index in [1.807, 2.05) is 0 Å². The number of nitrogens with zero attached hydrogens (tertiary/aromatic N) is 1. The topological polar surface area (TPSA) is 147 Å². The molecule has 1 fully saturated rings. The van der Waals surface area contributed by atoms with E-state index >= 15 is 0 Å². The van der Waals surface area contributed by atoms with Gasteiger partial charge in [0.1, 0.15) is 0 Å². The summed E-state index contributed by atoms with van der Waals surface area (Å²) in [7, 11) is -3.76. The maximum absolute atomic E-state index is 12.4. The fourth-order valence-electron chi connectivity index (χ4n) is 2.26. The Morgan fingerprint density at radius 3 is 2.61 bits per heavy atom. The first-order chi connectivity index (χ1) is 10.7. The monoisotopic (exact) mass is 341 g/mol. The maximum Gasteiger partial charge on any atom is 0.323 e. The molecular weight excluding hydrogens is 326 g/mol. The van der Waals surface area contributed by atoms with E-state index in [4.69, 9.17) is 10.8 Å². The van der Waals surface area contributed by atoms with Gasteiger partial charge in [-0.05, 0) is 18.2 Å². The molecule has 0 spiro atoms. The molecule has 0 bridgehead atoms. The van der Waals surface area contributed by atoms with Crippen LogP contribution in [0.4, 0.5) is 10.5 Å². The van der Waals surface area contributed by atoms with Crippen molar-refractivity contribution in [3.05, 3.63) is 29.8 Å². The minimum atomic E-state index is -3.76. The first-order valence-corrected chi connectivity index (χ1v) is 8.32. The summed E-state index contributed by atoms with van der Waals surface area (Å²) in [5, 5.41) is 9.70. The highest BCUT2D eigenvalue weighted by atomic mass is 32.2. The van der Waals surface area contributed by atoms with Gasteiger partial charge < -0.3 is 21.1 Å². The zero-order valence-electron chi connectivity index (χ0n) is 11.9. The second-order valence-electron chi connectivity index (χ2n) is 5.02. The third-order valence-corrected chi connectivity index (χ3v) is 5.37. The molecule has 0 saturated carbocycles. The number of carbonyl (C=O) groups is 3. The lowest BCUT2D eigenvalue weighted by Crippen LogP contribution is -2.52. The Bertz CT molecular complexity index is 761. The number of amides is 3. The summed E-state index contributed by atoms with van der Waals surface area (Å²) in [6.45, 7) is -0.498. The van der Waals surface area contributed by atoms with Gasteiger partial charge in [-0.25, -0.2) is 13.2 Å². The predicted octanol–water partition coefficient (Wildman–Crippen LogP) is -0.499. The van der Waals surface area contributed by atoms with E-state index in [1.54, 1.807) is 0 Å². The molecule has 1 heterocycles. The number of nitrogens with one attached hydrogen (secondary N) is 1. The summed E-state index contributed by atoms with van der Waals surface area (Å²) in [4.78, 5) is 35.5. The second kappa shape index (κ2) is 6.24. The molecule has 1 aromatic carbocycles. The first kappa shape index (κ1) is 16.7. The van der Waals surface area contributed by atoms with Crippen LogP contribution in [0.25, 0.3) is 0 Å². The number of benzene rings is 1. The SMILES string of the molecule is NC(=O)Nc1cccc(C(=O)N2CCS(=O)(=O)C(C(=O)O)C2)c1. The number of carboxylic acids is 1. The van der Waals surface area contributed by atoms with Crippen LogP contribution in [0.1, 0.15) is 10.4 Å². The molecule has 0 aromatic heterocycles. The number of sulfone groups is 1. The first-order valence-electron chi connectivity index (χ1n) is 6.61. The van der Waals surface area contributed by atoms with Gasteiger partial charge in [0.25, 0.3) is 5.91 Å². The zero-order chi connectivity index (χ0) is 17.2. The Hall–Kier alpha value is -2.62. The smallest absolute Gasteiger partial charge is 0.323 e. The molecule has 3 amide bonds. The third-order valence-electron chi connectivity index (χ3n) is 3.41. The van der Waals surface area contributed by atoms with E-state index in [9.17, 15) is 22.8 Å². The third kappa shape index (κ3) is 3.77. The summed E-state index contributed by atoms with van der Waals surface area (Å²) in [5.74, 6) is -2.40. The molecule has 1 aliphatic heterocycles. The van der Waals surface area contributed by atoms with E-state index in [0.717, 1.165) is 0 Å². The standard InChI is InChI=1S/C13H15N3O6S/c14-13(20)15-9-3-1-2-8(6-9)11(17)16-4-5-23(21,22)10(7-16)12(18)19/h1-3,6,10H,4-5,7H2,(H,18,19)(H3,14,15,20). The van der Waals surface area contributed by atoms with Crippen molar-refractivity contribution in [2.75, 3.05) is 24.2 Å². The number of anilines is 1. The molecule has 9 nitrogen and oxygen atoms in total. The van der Waals surface area contributed by atoms with Gasteiger partial charge in [0, 0.05) is 24.3 Å². The Morgan fingerprint density at radius 2 is 2.00 bits per heavy atom. The van der Waals surface area contributed by atoms with Gasteiger partial charge in [0.2, 0.25) is 0 Å². The number of hydrogen-bond acceptors (Lipinski definition) is 5. The number of urea groups is 1. The Morgan fingerprint density at radius 1 is 1.30 bits per heavy atom. The predicted molar refractivity (Wildman–Crippen MR) is 80.8 cm³/mol. The molecule has 124 valence electrons. The molecule has 0 radical (unpaired) electrons. The maximum atomic E-state index is 12.4. The van der Waals surface area contributed by atoms with E-state index in [1.165, 1.54) is 29.2 Å². The van der Waals surface area contributed by atoms with Gasteiger partial charge in [-0.1, -0.05) is 6.07 Å². The molecule has 2 rings (SSSR count). The Kier molecular flexibility index (Phi) is 4.55. The van der Waals surface area contributed by atoms with Gasteiger partial charge in [-0.2, -0.15) is 0 Å². The molecule has 4 N–H and O–H groups in total. The minimum Gasteiger partial charge on any atom is -0.480 e. The molecule has 1 unspecified atom stereocenters. The van der Waals surface area contributed by atoms with E-state index in [-0.39, 0.29) is 12.1 Å². The molecule has 23 heavy (non-hydrogen) atoms. The number of carboxylic acid groups (broad SMARTS) is 1. The van der Waals surface area contributed by atoms with Crippen molar-refractivity contribution in [2.24, 2.45) is 5.73 Å². The highest BCUT2D eigenvalue weighted by Crippen LogP contribution is 2.18. The average molecular weight is 341 g/mol. The fraction of sp³-hybridized carbons (Fsp3) is 0.308. The fourth-order valence-corrected chi connectivity index (χ4v) is 3.73. The summed E-state index contributed by atoms with van der Waals surface area (Å²) < 4.78 is 23.4. The molecule has 0 aliphatic carbocycles. The van der Waals surface area contributed by atoms with Crippen LogP contribution in [-0.4, -0.2) is 60.4 Å². The van der Waals surface area contributed by atoms with Crippen LogP contribution >= 0.6 is 0 Å². The molecule has 1 aromatic rings. The Balaban J connectivity index is 2.21. The highest BCUT2D eigenvalue weighted by molar-refractivity contribution is 7.92. The number of primary amides is 1. The quantitative estimate of drug-likeness (QED) is 0.675. The average Bonchev–Trinajstić information content (AvgIpc) is 2.45. The van der Waals surface area contributed by atoms with Crippen LogP contribution in [0, 0.1) is 0 Å². The van der Waals surface area contributed by atoms with Gasteiger partial charge >= 0.3 is 12.0 Å². The summed E-state index contributed by atoms with van der Waals surface area (Å²) in [6.07, 6.45) is 0. The van der Waals surface area contributed by atoms with Crippen LogP contribution < -0.4 is 11.1 Å². The summed E-state index contributed by atoms with van der Waals surface area (Å²) in [6, 6.07) is 5.12. The largest absolute Gasteiger partial charge is 0.480 e. The number of rotatable bonds is 3. The van der Waals surface area contributed by atoms with Crippen molar-refractivity contribution in [3.8, 4) is 0 Å². The van der Waals surface area contributed by atoms with Crippen LogP contribution in [0.3, 0.4) is 0 Å². The van der Waals surface area contributed by atoms with Crippen LogP contribution in [-0.2, 0) is 14.6 Å². The highest BCUT2D eigenvalue weighted by Gasteiger charge is 2.40.